The van der Waals surface area contributed by atoms with Gasteiger partial charge in [-0.1, -0.05) is 32.1 Å². The SMILES string of the molecule is C1=CC(C2CCCCCCC2)N=N1. The molecule has 0 radical (unpaired) electrons. The minimum atomic E-state index is 0.415. The Morgan fingerprint density at radius 2 is 1.62 bits per heavy atom. The highest BCUT2D eigenvalue weighted by molar-refractivity contribution is 4.99. The lowest BCUT2D eigenvalue weighted by Gasteiger charge is -2.21. The van der Waals surface area contributed by atoms with Crippen molar-refractivity contribution in [2.45, 2.75) is 51.0 Å². The molecule has 1 fully saturated rings. The first-order valence-electron chi connectivity index (χ1n) is 5.53. The minimum Gasteiger partial charge on any atom is -0.181 e. The van der Waals surface area contributed by atoms with Crippen molar-refractivity contribution in [3.05, 3.63) is 12.3 Å². The van der Waals surface area contributed by atoms with Gasteiger partial charge in [0.1, 0.15) is 0 Å². The summed E-state index contributed by atoms with van der Waals surface area (Å²) in [6.07, 6.45) is 13.8. The van der Waals surface area contributed by atoms with Gasteiger partial charge in [-0.3, -0.25) is 0 Å². The van der Waals surface area contributed by atoms with Crippen LogP contribution in [-0.2, 0) is 0 Å². The summed E-state index contributed by atoms with van der Waals surface area (Å²) in [6.45, 7) is 0. The second kappa shape index (κ2) is 4.54. The fourth-order valence-electron chi connectivity index (χ4n) is 2.36. The molecule has 2 aliphatic rings. The highest BCUT2D eigenvalue weighted by atomic mass is 15.1. The van der Waals surface area contributed by atoms with Crippen molar-refractivity contribution in [1.82, 2.24) is 0 Å². The molecule has 0 spiro atoms. The summed E-state index contributed by atoms with van der Waals surface area (Å²) < 4.78 is 0. The van der Waals surface area contributed by atoms with Crippen molar-refractivity contribution in [3.8, 4) is 0 Å². The Labute approximate surface area is 80.1 Å². The first-order chi connectivity index (χ1) is 6.47. The van der Waals surface area contributed by atoms with E-state index >= 15 is 0 Å². The van der Waals surface area contributed by atoms with Gasteiger partial charge < -0.3 is 0 Å². The predicted octanol–water partition coefficient (Wildman–Crippen LogP) is 3.70. The summed E-state index contributed by atoms with van der Waals surface area (Å²) in [5.41, 5.74) is 0. The topological polar surface area (TPSA) is 24.7 Å². The molecule has 2 heteroatoms. The van der Waals surface area contributed by atoms with Gasteiger partial charge in [0.25, 0.3) is 0 Å². The molecule has 13 heavy (non-hydrogen) atoms. The molecule has 2 nitrogen and oxygen atoms in total. The van der Waals surface area contributed by atoms with Crippen LogP contribution in [0.2, 0.25) is 0 Å². The predicted molar refractivity (Wildman–Crippen MR) is 53.6 cm³/mol. The summed E-state index contributed by atoms with van der Waals surface area (Å²) in [7, 11) is 0. The first-order valence-corrected chi connectivity index (χ1v) is 5.53. The van der Waals surface area contributed by atoms with Gasteiger partial charge in [0.15, 0.2) is 0 Å². The Kier molecular flexibility index (Phi) is 3.11. The molecule has 1 heterocycles. The van der Waals surface area contributed by atoms with E-state index in [0.29, 0.717) is 6.04 Å². The van der Waals surface area contributed by atoms with E-state index in [-0.39, 0.29) is 0 Å². The van der Waals surface area contributed by atoms with Crippen molar-refractivity contribution in [1.29, 1.82) is 0 Å². The zero-order valence-electron chi connectivity index (χ0n) is 8.15. The van der Waals surface area contributed by atoms with Crippen molar-refractivity contribution < 1.29 is 0 Å². The Balaban J connectivity index is 1.88. The third kappa shape index (κ3) is 2.39. The fraction of sp³-hybridized carbons (Fsp3) is 0.818. The van der Waals surface area contributed by atoms with Crippen LogP contribution in [0, 0.1) is 5.92 Å². The van der Waals surface area contributed by atoms with Crippen LogP contribution in [0.15, 0.2) is 22.5 Å². The molecule has 0 N–H and O–H groups in total. The van der Waals surface area contributed by atoms with Crippen molar-refractivity contribution in [3.63, 3.8) is 0 Å². The Morgan fingerprint density at radius 1 is 0.923 bits per heavy atom. The standard InChI is InChI=1S/C11H18N2/c1-2-4-6-10(7-5-3-1)11-8-9-12-13-11/h8-11H,1-7H2. The highest BCUT2D eigenvalue weighted by Gasteiger charge is 2.20. The average molecular weight is 178 g/mol. The molecule has 0 aromatic carbocycles. The Bertz CT molecular complexity index is 188. The number of hydrogen-bond acceptors (Lipinski definition) is 2. The van der Waals surface area contributed by atoms with Gasteiger partial charge in [0, 0.05) is 6.20 Å². The third-order valence-corrected chi connectivity index (χ3v) is 3.18. The van der Waals surface area contributed by atoms with E-state index in [9.17, 15) is 0 Å². The quantitative estimate of drug-likeness (QED) is 0.585. The molecule has 0 bridgehead atoms. The lowest BCUT2D eigenvalue weighted by atomic mass is 9.86. The summed E-state index contributed by atoms with van der Waals surface area (Å²) in [6, 6.07) is 0.415. The summed E-state index contributed by atoms with van der Waals surface area (Å²) in [4.78, 5) is 0. The third-order valence-electron chi connectivity index (χ3n) is 3.18. The van der Waals surface area contributed by atoms with Crippen LogP contribution in [0.3, 0.4) is 0 Å². The van der Waals surface area contributed by atoms with Crippen LogP contribution in [0.25, 0.3) is 0 Å². The van der Waals surface area contributed by atoms with Crippen LogP contribution in [0.1, 0.15) is 44.9 Å². The van der Waals surface area contributed by atoms with Crippen LogP contribution in [-0.4, -0.2) is 6.04 Å². The van der Waals surface area contributed by atoms with Crippen molar-refractivity contribution in [2.24, 2.45) is 16.1 Å². The molecule has 0 saturated heterocycles. The molecule has 0 aromatic rings. The van der Waals surface area contributed by atoms with Gasteiger partial charge in [-0.05, 0) is 24.8 Å². The lowest BCUT2D eigenvalue weighted by Crippen LogP contribution is -2.16. The molecule has 1 saturated carbocycles. The van der Waals surface area contributed by atoms with E-state index in [1.807, 2.05) is 6.20 Å². The van der Waals surface area contributed by atoms with E-state index < -0.39 is 0 Å². The maximum atomic E-state index is 4.25. The van der Waals surface area contributed by atoms with Crippen LogP contribution < -0.4 is 0 Å². The molecule has 0 aromatic heterocycles. The second-order valence-electron chi connectivity index (χ2n) is 4.17. The highest BCUT2D eigenvalue weighted by Crippen LogP contribution is 2.28. The number of hydrogen-bond donors (Lipinski definition) is 0. The number of nitrogens with zero attached hydrogens (tertiary/aromatic N) is 2. The molecule has 0 amide bonds. The molecule has 72 valence electrons. The minimum absolute atomic E-state index is 0.415. The van der Waals surface area contributed by atoms with Gasteiger partial charge in [-0.25, -0.2) is 0 Å². The Hall–Kier alpha value is -0.660. The zero-order valence-corrected chi connectivity index (χ0v) is 8.15. The molecular weight excluding hydrogens is 160 g/mol. The van der Waals surface area contributed by atoms with E-state index in [0.717, 1.165) is 5.92 Å². The zero-order chi connectivity index (χ0) is 8.93. The van der Waals surface area contributed by atoms with Crippen LogP contribution in [0.5, 0.6) is 0 Å². The van der Waals surface area contributed by atoms with E-state index in [1.54, 1.807) is 0 Å². The largest absolute Gasteiger partial charge is 0.181 e. The average Bonchev–Trinajstić information content (AvgIpc) is 2.55. The van der Waals surface area contributed by atoms with Gasteiger partial charge >= 0.3 is 0 Å². The van der Waals surface area contributed by atoms with Gasteiger partial charge in [0.2, 0.25) is 0 Å². The van der Waals surface area contributed by atoms with Crippen LogP contribution in [0.4, 0.5) is 0 Å². The van der Waals surface area contributed by atoms with E-state index in [1.165, 1.54) is 44.9 Å². The van der Waals surface area contributed by atoms with Gasteiger partial charge in [0.05, 0.1) is 6.04 Å². The molecule has 1 unspecified atom stereocenters. The first kappa shape index (κ1) is 8.92. The van der Waals surface area contributed by atoms with Gasteiger partial charge in [-0.15, -0.1) is 0 Å². The fourth-order valence-corrected chi connectivity index (χ4v) is 2.36. The lowest BCUT2D eigenvalue weighted by molar-refractivity contribution is 0.351. The summed E-state index contributed by atoms with van der Waals surface area (Å²) >= 11 is 0. The van der Waals surface area contributed by atoms with E-state index in [4.69, 9.17) is 0 Å². The maximum Gasteiger partial charge on any atom is 0.0939 e. The second-order valence-corrected chi connectivity index (χ2v) is 4.17. The number of azo groups is 1. The smallest absolute Gasteiger partial charge is 0.0939 e. The van der Waals surface area contributed by atoms with Crippen molar-refractivity contribution >= 4 is 0 Å². The molecule has 2 rings (SSSR count). The van der Waals surface area contributed by atoms with E-state index in [2.05, 4.69) is 16.3 Å². The summed E-state index contributed by atoms with van der Waals surface area (Å²) in [5, 5.41) is 8.18. The summed E-state index contributed by atoms with van der Waals surface area (Å²) in [5.74, 6) is 0.780. The monoisotopic (exact) mass is 178 g/mol. The van der Waals surface area contributed by atoms with Crippen LogP contribution >= 0.6 is 0 Å². The molecule has 1 aliphatic carbocycles. The van der Waals surface area contributed by atoms with Crippen molar-refractivity contribution in [2.75, 3.05) is 0 Å². The molecule has 1 atom stereocenters. The maximum absolute atomic E-state index is 4.25. The van der Waals surface area contributed by atoms with Gasteiger partial charge in [-0.2, -0.15) is 10.2 Å². The molecule has 1 aliphatic heterocycles. The molecular formula is C11H18N2. The number of rotatable bonds is 1. The normalized spacial score (nSPS) is 30.3. The Morgan fingerprint density at radius 3 is 2.23 bits per heavy atom.